The second-order valence-corrected chi connectivity index (χ2v) is 4.41. The lowest BCUT2D eigenvalue weighted by Gasteiger charge is -2.21. The van der Waals surface area contributed by atoms with Gasteiger partial charge in [0.15, 0.2) is 0 Å². The molecule has 0 amide bonds. The predicted octanol–water partition coefficient (Wildman–Crippen LogP) is 1.21. The van der Waals surface area contributed by atoms with Crippen molar-refractivity contribution in [2.75, 3.05) is 51.0 Å². The molecule has 1 aromatic heterocycles. The normalized spacial score (nSPS) is 10.7. The Bertz CT molecular complexity index is 351. The maximum atomic E-state index is 4.45. The first kappa shape index (κ1) is 13.7. The maximum Gasteiger partial charge on any atom is 0.134 e. The highest BCUT2D eigenvalue weighted by molar-refractivity contribution is 5.48. The van der Waals surface area contributed by atoms with Crippen LogP contribution in [0.1, 0.15) is 12.7 Å². The molecule has 96 valence electrons. The van der Waals surface area contributed by atoms with E-state index < -0.39 is 0 Å². The van der Waals surface area contributed by atoms with Gasteiger partial charge in [0.05, 0.1) is 0 Å². The van der Waals surface area contributed by atoms with E-state index in [1.165, 1.54) is 0 Å². The zero-order valence-corrected chi connectivity index (χ0v) is 11.5. The van der Waals surface area contributed by atoms with Crippen LogP contribution in [-0.2, 0) is 0 Å². The van der Waals surface area contributed by atoms with E-state index in [1.54, 1.807) is 0 Å². The summed E-state index contributed by atoms with van der Waals surface area (Å²) in [5.74, 6) is 2.66. The van der Waals surface area contributed by atoms with E-state index in [-0.39, 0.29) is 0 Å². The van der Waals surface area contributed by atoms with E-state index >= 15 is 0 Å². The summed E-state index contributed by atoms with van der Waals surface area (Å²) >= 11 is 0. The Kier molecular flexibility index (Phi) is 5.15. The van der Waals surface area contributed by atoms with Crippen molar-refractivity contribution in [3.8, 4) is 0 Å². The second kappa shape index (κ2) is 6.39. The number of aromatic nitrogens is 2. The Morgan fingerprint density at radius 3 is 2.47 bits per heavy atom. The lowest BCUT2D eigenvalue weighted by Crippen LogP contribution is -2.29. The van der Waals surface area contributed by atoms with Gasteiger partial charge in [-0.05, 0) is 27.9 Å². The molecule has 0 atom stereocenters. The molecule has 1 rings (SSSR count). The smallest absolute Gasteiger partial charge is 0.134 e. The van der Waals surface area contributed by atoms with Crippen LogP contribution >= 0.6 is 0 Å². The summed E-state index contributed by atoms with van der Waals surface area (Å²) in [7, 11) is 6.20. The molecular formula is C12H23N5. The summed E-state index contributed by atoms with van der Waals surface area (Å²) in [5, 5.41) is 3.22. The number of hydrogen-bond donors (Lipinski definition) is 1. The van der Waals surface area contributed by atoms with Crippen LogP contribution in [0.15, 0.2) is 6.07 Å². The molecule has 0 saturated heterocycles. The van der Waals surface area contributed by atoms with E-state index in [4.69, 9.17) is 0 Å². The summed E-state index contributed by atoms with van der Waals surface area (Å²) in [5.41, 5.74) is 0. The molecule has 17 heavy (non-hydrogen) atoms. The monoisotopic (exact) mass is 237 g/mol. The SMILES string of the molecule is CCNc1cc(N(C)CCN(C)C)nc(C)n1. The Morgan fingerprint density at radius 1 is 1.18 bits per heavy atom. The van der Waals surface area contributed by atoms with Crippen LogP contribution in [0.4, 0.5) is 11.6 Å². The first-order valence-corrected chi connectivity index (χ1v) is 5.98. The van der Waals surface area contributed by atoms with Gasteiger partial charge in [-0.25, -0.2) is 9.97 Å². The zero-order chi connectivity index (χ0) is 12.8. The molecular weight excluding hydrogens is 214 g/mol. The summed E-state index contributed by atoms with van der Waals surface area (Å²) in [6.45, 7) is 6.82. The van der Waals surface area contributed by atoms with Crippen LogP contribution in [0, 0.1) is 6.92 Å². The minimum atomic E-state index is 0.801. The number of rotatable bonds is 6. The van der Waals surface area contributed by atoms with Crippen molar-refractivity contribution in [3.05, 3.63) is 11.9 Å². The molecule has 0 radical (unpaired) electrons. The fourth-order valence-electron chi connectivity index (χ4n) is 1.48. The summed E-state index contributed by atoms with van der Waals surface area (Å²) in [6.07, 6.45) is 0. The summed E-state index contributed by atoms with van der Waals surface area (Å²) < 4.78 is 0. The topological polar surface area (TPSA) is 44.3 Å². The lowest BCUT2D eigenvalue weighted by atomic mass is 10.4. The van der Waals surface area contributed by atoms with E-state index in [1.807, 2.05) is 13.0 Å². The minimum Gasteiger partial charge on any atom is -0.370 e. The van der Waals surface area contributed by atoms with Crippen molar-refractivity contribution < 1.29 is 0 Å². The highest BCUT2D eigenvalue weighted by Crippen LogP contribution is 2.14. The molecule has 0 aliphatic heterocycles. The molecule has 1 heterocycles. The van der Waals surface area contributed by atoms with Crippen LogP contribution in [0.2, 0.25) is 0 Å². The van der Waals surface area contributed by atoms with Crippen LogP contribution in [0.25, 0.3) is 0 Å². The molecule has 0 saturated carbocycles. The fraction of sp³-hybridized carbons (Fsp3) is 0.667. The number of nitrogens with one attached hydrogen (secondary N) is 1. The van der Waals surface area contributed by atoms with Crippen molar-refractivity contribution >= 4 is 11.6 Å². The number of aryl methyl sites for hydroxylation is 1. The van der Waals surface area contributed by atoms with Crippen LogP contribution in [0.5, 0.6) is 0 Å². The molecule has 0 aliphatic carbocycles. The van der Waals surface area contributed by atoms with Gasteiger partial charge < -0.3 is 15.1 Å². The summed E-state index contributed by atoms with van der Waals surface area (Å²) in [6, 6.07) is 1.99. The zero-order valence-electron chi connectivity index (χ0n) is 11.5. The van der Waals surface area contributed by atoms with E-state index in [9.17, 15) is 0 Å². The van der Waals surface area contributed by atoms with Gasteiger partial charge in [-0.2, -0.15) is 0 Å². The van der Waals surface area contributed by atoms with Crippen molar-refractivity contribution in [3.63, 3.8) is 0 Å². The van der Waals surface area contributed by atoms with Gasteiger partial charge in [0.2, 0.25) is 0 Å². The van der Waals surface area contributed by atoms with E-state index in [2.05, 4.69) is 53.2 Å². The molecule has 0 aromatic carbocycles. The highest BCUT2D eigenvalue weighted by atomic mass is 15.2. The Hall–Kier alpha value is -1.36. The molecule has 0 spiro atoms. The number of nitrogens with zero attached hydrogens (tertiary/aromatic N) is 4. The number of likely N-dealkylation sites (N-methyl/N-ethyl adjacent to an activating group) is 2. The molecule has 0 aliphatic rings. The number of anilines is 2. The average molecular weight is 237 g/mol. The molecule has 0 fully saturated rings. The van der Waals surface area contributed by atoms with Gasteiger partial charge >= 0.3 is 0 Å². The van der Waals surface area contributed by atoms with Gasteiger partial charge in [-0.15, -0.1) is 0 Å². The largest absolute Gasteiger partial charge is 0.370 e. The second-order valence-electron chi connectivity index (χ2n) is 4.41. The molecule has 5 heteroatoms. The van der Waals surface area contributed by atoms with Gasteiger partial charge in [0.25, 0.3) is 0 Å². The van der Waals surface area contributed by atoms with Crippen molar-refractivity contribution in [2.45, 2.75) is 13.8 Å². The molecule has 0 bridgehead atoms. The quantitative estimate of drug-likeness (QED) is 0.806. The standard InChI is InChI=1S/C12H23N5/c1-6-13-11-9-12(15-10(2)14-11)17(5)8-7-16(3)4/h9H,6-8H2,1-5H3,(H,13,14,15). The van der Waals surface area contributed by atoms with E-state index in [0.717, 1.165) is 37.1 Å². The molecule has 5 nitrogen and oxygen atoms in total. The highest BCUT2D eigenvalue weighted by Gasteiger charge is 2.06. The van der Waals surface area contributed by atoms with Crippen molar-refractivity contribution in [2.24, 2.45) is 0 Å². The van der Waals surface area contributed by atoms with E-state index in [0.29, 0.717) is 0 Å². The lowest BCUT2D eigenvalue weighted by molar-refractivity contribution is 0.416. The third-order valence-corrected chi connectivity index (χ3v) is 2.46. The van der Waals surface area contributed by atoms with Crippen LogP contribution < -0.4 is 10.2 Å². The van der Waals surface area contributed by atoms with Gasteiger partial charge in [-0.1, -0.05) is 0 Å². The van der Waals surface area contributed by atoms with Crippen molar-refractivity contribution in [1.82, 2.24) is 14.9 Å². The Balaban J connectivity index is 2.74. The van der Waals surface area contributed by atoms with Crippen molar-refractivity contribution in [1.29, 1.82) is 0 Å². The minimum absolute atomic E-state index is 0.801. The first-order valence-electron chi connectivity index (χ1n) is 5.98. The fourth-order valence-corrected chi connectivity index (χ4v) is 1.48. The van der Waals surface area contributed by atoms with Crippen LogP contribution in [-0.4, -0.2) is 55.6 Å². The molecule has 1 aromatic rings. The summed E-state index contributed by atoms with van der Waals surface area (Å²) in [4.78, 5) is 13.1. The number of hydrogen-bond acceptors (Lipinski definition) is 5. The van der Waals surface area contributed by atoms with Gasteiger partial charge in [-0.3, -0.25) is 0 Å². The Morgan fingerprint density at radius 2 is 1.88 bits per heavy atom. The van der Waals surface area contributed by atoms with Crippen LogP contribution in [0.3, 0.4) is 0 Å². The molecule has 0 unspecified atom stereocenters. The van der Waals surface area contributed by atoms with Gasteiger partial charge in [0.1, 0.15) is 17.5 Å². The predicted molar refractivity (Wildman–Crippen MR) is 72.8 cm³/mol. The molecule has 1 N–H and O–H groups in total. The third kappa shape index (κ3) is 4.56. The van der Waals surface area contributed by atoms with Gasteiger partial charge in [0, 0.05) is 32.7 Å². The third-order valence-electron chi connectivity index (χ3n) is 2.46. The maximum absolute atomic E-state index is 4.45. The average Bonchev–Trinajstić information content (AvgIpc) is 2.25. The Labute approximate surface area is 104 Å². The first-order chi connectivity index (χ1) is 8.02.